The van der Waals surface area contributed by atoms with Crippen LogP contribution in [0.4, 0.5) is 5.82 Å². The molecule has 0 unspecified atom stereocenters. The fourth-order valence-corrected chi connectivity index (χ4v) is 1.75. The molecule has 0 fully saturated rings. The van der Waals surface area contributed by atoms with Crippen LogP contribution in [0.2, 0.25) is 5.02 Å². The van der Waals surface area contributed by atoms with Crippen LogP contribution in [0.1, 0.15) is 12.0 Å². The van der Waals surface area contributed by atoms with Crippen LogP contribution in [0.15, 0.2) is 30.7 Å². The van der Waals surface area contributed by atoms with Gasteiger partial charge in [0.15, 0.2) is 0 Å². The first-order chi connectivity index (χ1) is 8.81. The normalized spacial score (nSPS) is 10.0. The molecule has 0 aliphatic heterocycles. The molecule has 0 aromatic carbocycles. The summed E-state index contributed by atoms with van der Waals surface area (Å²) in [6.45, 7) is 1.55. The van der Waals surface area contributed by atoms with E-state index >= 15 is 0 Å². The number of nitriles is 1. The fraction of sp³-hybridized carbons (Fsp3) is 0.250. The highest BCUT2D eigenvalue weighted by Crippen LogP contribution is 2.22. The van der Waals surface area contributed by atoms with Crippen LogP contribution in [0, 0.1) is 11.3 Å². The summed E-state index contributed by atoms with van der Waals surface area (Å²) in [6.07, 6.45) is 6.14. The number of hydrogen-bond donors (Lipinski definition) is 1. The maximum Gasteiger partial charge on any atom is 0.146 e. The minimum atomic E-state index is 0.374. The van der Waals surface area contributed by atoms with Gasteiger partial charge < -0.3 is 5.32 Å². The van der Waals surface area contributed by atoms with Gasteiger partial charge in [0.25, 0.3) is 0 Å². The molecule has 92 valence electrons. The predicted octanol–water partition coefficient (Wildman–Crippen LogP) is 2.31. The van der Waals surface area contributed by atoms with Crippen molar-refractivity contribution < 1.29 is 0 Å². The van der Waals surface area contributed by atoms with Crippen molar-refractivity contribution in [2.75, 3.05) is 11.9 Å². The van der Waals surface area contributed by atoms with E-state index < -0.39 is 0 Å². The van der Waals surface area contributed by atoms with Gasteiger partial charge in [-0.15, -0.1) is 0 Å². The van der Waals surface area contributed by atoms with E-state index in [1.165, 1.54) is 0 Å². The SMILES string of the molecule is N#Cc1ccnc(NCCCn2cccn2)c1Cl. The molecule has 0 amide bonds. The van der Waals surface area contributed by atoms with Crippen molar-refractivity contribution >= 4 is 17.4 Å². The van der Waals surface area contributed by atoms with Crippen LogP contribution in [-0.2, 0) is 6.54 Å². The number of pyridine rings is 1. The van der Waals surface area contributed by atoms with E-state index in [1.807, 2.05) is 23.0 Å². The molecule has 2 aromatic heterocycles. The lowest BCUT2D eigenvalue weighted by Crippen LogP contribution is -2.08. The number of hydrogen-bond acceptors (Lipinski definition) is 4. The molecule has 6 heteroatoms. The van der Waals surface area contributed by atoms with Gasteiger partial charge in [0.05, 0.1) is 5.56 Å². The lowest BCUT2D eigenvalue weighted by atomic mass is 10.3. The highest BCUT2D eigenvalue weighted by Gasteiger charge is 2.05. The summed E-state index contributed by atoms with van der Waals surface area (Å²) in [4.78, 5) is 4.10. The van der Waals surface area contributed by atoms with Crippen LogP contribution in [0.25, 0.3) is 0 Å². The third-order valence-electron chi connectivity index (χ3n) is 2.43. The predicted molar refractivity (Wildman–Crippen MR) is 69.3 cm³/mol. The molecule has 0 spiro atoms. The van der Waals surface area contributed by atoms with Gasteiger partial charge in [0, 0.05) is 31.7 Å². The number of anilines is 1. The van der Waals surface area contributed by atoms with Gasteiger partial charge in [-0.25, -0.2) is 4.98 Å². The first-order valence-electron chi connectivity index (χ1n) is 5.57. The molecule has 0 aliphatic rings. The van der Waals surface area contributed by atoms with Crippen molar-refractivity contribution in [3.63, 3.8) is 0 Å². The van der Waals surface area contributed by atoms with E-state index in [1.54, 1.807) is 18.5 Å². The minimum Gasteiger partial charge on any atom is -0.369 e. The van der Waals surface area contributed by atoms with Crippen LogP contribution in [-0.4, -0.2) is 21.3 Å². The lowest BCUT2D eigenvalue weighted by molar-refractivity contribution is 0.591. The average Bonchev–Trinajstić information content (AvgIpc) is 2.89. The van der Waals surface area contributed by atoms with E-state index in [0.717, 1.165) is 19.5 Å². The Kier molecular flexibility index (Phi) is 4.15. The smallest absolute Gasteiger partial charge is 0.146 e. The Morgan fingerprint density at radius 3 is 3.06 bits per heavy atom. The summed E-state index contributed by atoms with van der Waals surface area (Å²) in [5, 5.41) is 16.4. The van der Waals surface area contributed by atoms with E-state index in [0.29, 0.717) is 16.4 Å². The Morgan fingerprint density at radius 2 is 2.33 bits per heavy atom. The number of nitrogens with one attached hydrogen (secondary N) is 1. The summed E-state index contributed by atoms with van der Waals surface area (Å²) in [5.41, 5.74) is 0.432. The topological polar surface area (TPSA) is 66.5 Å². The van der Waals surface area contributed by atoms with Gasteiger partial charge in [0.1, 0.15) is 16.9 Å². The average molecular weight is 262 g/mol. The molecule has 0 aliphatic carbocycles. The van der Waals surface area contributed by atoms with Gasteiger partial charge in [-0.3, -0.25) is 4.68 Å². The van der Waals surface area contributed by atoms with E-state index in [2.05, 4.69) is 15.4 Å². The van der Waals surface area contributed by atoms with Crippen molar-refractivity contribution in [2.45, 2.75) is 13.0 Å². The van der Waals surface area contributed by atoms with Crippen LogP contribution in [0.3, 0.4) is 0 Å². The number of rotatable bonds is 5. The number of halogens is 1. The maximum absolute atomic E-state index is 8.84. The highest BCUT2D eigenvalue weighted by atomic mass is 35.5. The standard InChI is InChI=1S/C12H12ClN5/c13-11-10(9-14)3-6-16-12(11)15-4-1-7-18-8-2-5-17-18/h2-3,5-6,8H,1,4,7H2,(H,15,16). The zero-order valence-electron chi connectivity index (χ0n) is 9.67. The van der Waals surface area contributed by atoms with Crippen LogP contribution < -0.4 is 5.32 Å². The first-order valence-corrected chi connectivity index (χ1v) is 5.95. The van der Waals surface area contributed by atoms with E-state index in [4.69, 9.17) is 16.9 Å². The largest absolute Gasteiger partial charge is 0.369 e. The molecule has 1 N–H and O–H groups in total. The number of aryl methyl sites for hydroxylation is 1. The van der Waals surface area contributed by atoms with Gasteiger partial charge in [-0.05, 0) is 18.6 Å². The minimum absolute atomic E-state index is 0.374. The second-order valence-corrected chi connectivity index (χ2v) is 4.06. The Bertz CT molecular complexity index is 544. The second kappa shape index (κ2) is 6.03. The molecule has 0 atom stereocenters. The van der Waals surface area contributed by atoms with Crippen molar-refractivity contribution in [1.29, 1.82) is 5.26 Å². The molecule has 5 nitrogen and oxygen atoms in total. The Hall–Kier alpha value is -2.06. The molecule has 18 heavy (non-hydrogen) atoms. The van der Waals surface area contributed by atoms with E-state index in [-0.39, 0.29) is 0 Å². The summed E-state index contributed by atoms with van der Waals surface area (Å²) in [5.74, 6) is 0.552. The molecular weight excluding hydrogens is 250 g/mol. The van der Waals surface area contributed by atoms with Crippen molar-refractivity contribution in [2.24, 2.45) is 0 Å². The Morgan fingerprint density at radius 1 is 1.44 bits per heavy atom. The van der Waals surface area contributed by atoms with Crippen LogP contribution in [0.5, 0.6) is 0 Å². The summed E-state index contributed by atoms with van der Waals surface area (Å²) >= 11 is 6.02. The summed E-state index contributed by atoms with van der Waals surface area (Å²) in [7, 11) is 0. The molecule has 0 saturated heterocycles. The molecule has 0 bridgehead atoms. The molecule has 2 aromatic rings. The molecular formula is C12H12ClN5. The maximum atomic E-state index is 8.84. The van der Waals surface area contributed by atoms with Crippen molar-refractivity contribution in [1.82, 2.24) is 14.8 Å². The monoisotopic (exact) mass is 261 g/mol. The molecule has 0 radical (unpaired) electrons. The van der Waals surface area contributed by atoms with Gasteiger partial charge >= 0.3 is 0 Å². The Labute approximate surface area is 110 Å². The Balaban J connectivity index is 1.85. The molecule has 0 saturated carbocycles. The molecule has 2 rings (SSSR count). The highest BCUT2D eigenvalue weighted by molar-refractivity contribution is 6.34. The molecule has 2 heterocycles. The van der Waals surface area contributed by atoms with Crippen molar-refractivity contribution in [3.05, 3.63) is 41.3 Å². The zero-order chi connectivity index (χ0) is 12.8. The number of aromatic nitrogens is 3. The van der Waals surface area contributed by atoms with Gasteiger partial charge in [-0.1, -0.05) is 11.6 Å². The van der Waals surface area contributed by atoms with Crippen molar-refractivity contribution in [3.8, 4) is 6.07 Å². The fourth-order valence-electron chi connectivity index (χ4n) is 1.53. The quantitative estimate of drug-likeness (QED) is 0.839. The first kappa shape index (κ1) is 12.4. The second-order valence-electron chi connectivity index (χ2n) is 3.68. The zero-order valence-corrected chi connectivity index (χ0v) is 10.4. The number of nitrogens with zero attached hydrogens (tertiary/aromatic N) is 4. The van der Waals surface area contributed by atoms with Gasteiger partial charge in [-0.2, -0.15) is 10.4 Å². The lowest BCUT2D eigenvalue weighted by Gasteiger charge is -2.07. The third-order valence-corrected chi connectivity index (χ3v) is 2.81. The summed E-state index contributed by atoms with van der Waals surface area (Å²) in [6, 6.07) is 5.51. The van der Waals surface area contributed by atoms with Gasteiger partial charge in [0.2, 0.25) is 0 Å². The van der Waals surface area contributed by atoms with E-state index in [9.17, 15) is 0 Å². The third kappa shape index (κ3) is 2.99. The van der Waals surface area contributed by atoms with Crippen LogP contribution >= 0.6 is 11.6 Å². The summed E-state index contributed by atoms with van der Waals surface area (Å²) < 4.78 is 1.86.